The summed E-state index contributed by atoms with van der Waals surface area (Å²) >= 11 is 0. The van der Waals surface area contributed by atoms with Crippen molar-refractivity contribution in [3.8, 4) is 0 Å². The van der Waals surface area contributed by atoms with E-state index in [-0.39, 0.29) is 23.7 Å². The predicted octanol–water partition coefficient (Wildman–Crippen LogP) is 4.11. The summed E-state index contributed by atoms with van der Waals surface area (Å²) in [5.41, 5.74) is 4.08. The summed E-state index contributed by atoms with van der Waals surface area (Å²) in [5, 5.41) is 0. The van der Waals surface area contributed by atoms with E-state index in [9.17, 15) is 9.59 Å². The first-order valence-electron chi connectivity index (χ1n) is 9.40. The number of rotatable bonds is 4. The SMILES string of the molecule is C[C@H]1[C@H](C(=O)N(C=O)Cc2ccccc2)[C@@H]2C=C[C@@H]1C2=C1CCCC1. The molecule has 130 valence electrons. The monoisotopic (exact) mass is 335 g/mol. The first-order valence-corrected chi connectivity index (χ1v) is 9.40. The van der Waals surface area contributed by atoms with Crippen LogP contribution in [0.3, 0.4) is 0 Å². The number of benzene rings is 1. The molecule has 2 fully saturated rings. The van der Waals surface area contributed by atoms with Gasteiger partial charge in [-0.15, -0.1) is 0 Å². The molecule has 1 aromatic carbocycles. The number of carbonyl (C=O) groups is 2. The van der Waals surface area contributed by atoms with Crippen LogP contribution in [-0.2, 0) is 16.1 Å². The Kier molecular flexibility index (Phi) is 4.32. The molecule has 0 radical (unpaired) electrons. The smallest absolute Gasteiger partial charge is 0.233 e. The number of nitrogens with zero attached hydrogens (tertiary/aromatic N) is 1. The van der Waals surface area contributed by atoms with Crippen molar-refractivity contribution >= 4 is 12.3 Å². The normalized spacial score (nSPS) is 30.1. The molecule has 0 unspecified atom stereocenters. The second-order valence-electron chi connectivity index (χ2n) is 7.64. The molecule has 25 heavy (non-hydrogen) atoms. The zero-order valence-corrected chi connectivity index (χ0v) is 14.7. The molecular formula is C22H25NO2. The van der Waals surface area contributed by atoms with Crippen molar-refractivity contribution in [1.29, 1.82) is 0 Å². The van der Waals surface area contributed by atoms with Crippen molar-refractivity contribution in [2.75, 3.05) is 0 Å². The van der Waals surface area contributed by atoms with E-state index in [0.717, 1.165) is 5.56 Å². The Morgan fingerprint density at radius 1 is 1.12 bits per heavy atom. The maximum Gasteiger partial charge on any atom is 0.233 e. The van der Waals surface area contributed by atoms with Crippen molar-refractivity contribution in [2.45, 2.75) is 39.2 Å². The molecule has 0 aromatic heterocycles. The van der Waals surface area contributed by atoms with Gasteiger partial charge in [-0.05, 0) is 37.2 Å². The highest BCUT2D eigenvalue weighted by Gasteiger charge is 2.51. The van der Waals surface area contributed by atoms with Crippen LogP contribution in [0.1, 0.15) is 38.2 Å². The second-order valence-corrected chi connectivity index (χ2v) is 7.64. The van der Waals surface area contributed by atoms with Crippen LogP contribution < -0.4 is 0 Å². The average Bonchev–Trinajstić information content (AvgIpc) is 3.34. The molecule has 3 nitrogen and oxygen atoms in total. The Labute approximate surface area is 149 Å². The number of hydrogen-bond donors (Lipinski definition) is 0. The quantitative estimate of drug-likeness (QED) is 0.613. The van der Waals surface area contributed by atoms with Gasteiger partial charge in [0.05, 0.1) is 12.5 Å². The zero-order valence-electron chi connectivity index (χ0n) is 14.7. The number of carbonyl (C=O) groups excluding carboxylic acids is 2. The molecular weight excluding hydrogens is 310 g/mol. The van der Waals surface area contributed by atoms with Crippen LogP contribution in [0.15, 0.2) is 53.6 Å². The number of fused-ring (bicyclic) bond motifs is 2. The van der Waals surface area contributed by atoms with Gasteiger partial charge in [0.15, 0.2) is 0 Å². The maximum absolute atomic E-state index is 13.2. The molecule has 2 bridgehead atoms. The predicted molar refractivity (Wildman–Crippen MR) is 97.3 cm³/mol. The summed E-state index contributed by atoms with van der Waals surface area (Å²) in [6.45, 7) is 2.54. The van der Waals surface area contributed by atoms with E-state index in [1.807, 2.05) is 30.3 Å². The third kappa shape index (κ3) is 2.76. The Bertz CT molecular complexity index is 726. The van der Waals surface area contributed by atoms with E-state index in [2.05, 4.69) is 19.1 Å². The zero-order chi connectivity index (χ0) is 17.4. The Balaban J connectivity index is 1.58. The fraction of sp³-hybridized carbons (Fsp3) is 0.455. The van der Waals surface area contributed by atoms with Gasteiger partial charge in [-0.3, -0.25) is 14.5 Å². The molecule has 0 N–H and O–H groups in total. The lowest BCUT2D eigenvalue weighted by Crippen LogP contribution is -2.39. The summed E-state index contributed by atoms with van der Waals surface area (Å²) in [5.74, 6) is 0.784. The lowest BCUT2D eigenvalue weighted by molar-refractivity contribution is -0.143. The van der Waals surface area contributed by atoms with Crippen LogP contribution in [0.5, 0.6) is 0 Å². The van der Waals surface area contributed by atoms with E-state index in [1.165, 1.54) is 36.2 Å². The molecule has 4 rings (SSSR count). The summed E-state index contributed by atoms with van der Waals surface area (Å²) in [4.78, 5) is 26.2. The number of amides is 2. The molecule has 0 heterocycles. The molecule has 3 heteroatoms. The fourth-order valence-electron chi connectivity index (χ4n) is 5.07. The summed E-state index contributed by atoms with van der Waals surface area (Å²) in [6.07, 6.45) is 10.2. The summed E-state index contributed by atoms with van der Waals surface area (Å²) in [7, 11) is 0. The largest absolute Gasteiger partial charge is 0.280 e. The van der Waals surface area contributed by atoms with E-state index in [1.54, 1.807) is 5.57 Å². The van der Waals surface area contributed by atoms with Crippen LogP contribution in [0.2, 0.25) is 0 Å². The highest BCUT2D eigenvalue weighted by Crippen LogP contribution is 2.55. The van der Waals surface area contributed by atoms with Crippen LogP contribution in [-0.4, -0.2) is 17.2 Å². The lowest BCUT2D eigenvalue weighted by atomic mass is 9.83. The fourth-order valence-corrected chi connectivity index (χ4v) is 5.07. The Morgan fingerprint density at radius 2 is 1.80 bits per heavy atom. The van der Waals surface area contributed by atoms with Gasteiger partial charge in [-0.1, -0.05) is 60.6 Å². The first-order chi connectivity index (χ1) is 12.2. The average molecular weight is 335 g/mol. The number of imide groups is 1. The lowest BCUT2D eigenvalue weighted by Gasteiger charge is -2.27. The van der Waals surface area contributed by atoms with Gasteiger partial charge in [-0.2, -0.15) is 0 Å². The minimum atomic E-state index is -0.0907. The van der Waals surface area contributed by atoms with Gasteiger partial charge in [0.2, 0.25) is 12.3 Å². The number of hydrogen-bond acceptors (Lipinski definition) is 2. The van der Waals surface area contributed by atoms with Crippen molar-refractivity contribution < 1.29 is 9.59 Å². The van der Waals surface area contributed by atoms with Gasteiger partial charge in [0.1, 0.15) is 0 Å². The summed E-state index contributed by atoms with van der Waals surface area (Å²) in [6, 6.07) is 9.74. The Morgan fingerprint density at radius 3 is 2.48 bits per heavy atom. The highest BCUT2D eigenvalue weighted by atomic mass is 16.2. The molecule has 0 spiro atoms. The standard InChI is InChI=1S/C22H25NO2/c1-15-18-11-12-19(21(18)17-9-5-6-10-17)20(15)22(25)23(14-24)13-16-7-3-2-4-8-16/h2-4,7-8,11-12,14-15,18-20H,5-6,9-10,13H2,1H3/t15-,18+,19+,20+/m1/s1. The first kappa shape index (κ1) is 16.3. The minimum Gasteiger partial charge on any atom is -0.280 e. The van der Waals surface area contributed by atoms with E-state index >= 15 is 0 Å². The van der Waals surface area contributed by atoms with Crippen LogP contribution in [0.4, 0.5) is 0 Å². The van der Waals surface area contributed by atoms with Crippen molar-refractivity contribution in [1.82, 2.24) is 4.90 Å². The van der Waals surface area contributed by atoms with Crippen molar-refractivity contribution in [3.63, 3.8) is 0 Å². The third-order valence-electron chi connectivity index (χ3n) is 6.27. The summed E-state index contributed by atoms with van der Waals surface area (Å²) < 4.78 is 0. The minimum absolute atomic E-state index is 0.0145. The molecule has 3 aliphatic rings. The van der Waals surface area contributed by atoms with Crippen LogP contribution >= 0.6 is 0 Å². The molecule has 2 saturated carbocycles. The molecule has 1 aromatic rings. The van der Waals surface area contributed by atoms with Crippen molar-refractivity contribution in [3.05, 3.63) is 59.2 Å². The highest BCUT2D eigenvalue weighted by molar-refractivity contribution is 5.89. The van der Waals surface area contributed by atoms with Gasteiger partial charge in [0.25, 0.3) is 0 Å². The van der Waals surface area contributed by atoms with E-state index in [0.29, 0.717) is 18.9 Å². The van der Waals surface area contributed by atoms with E-state index in [4.69, 9.17) is 0 Å². The van der Waals surface area contributed by atoms with Crippen LogP contribution in [0.25, 0.3) is 0 Å². The molecule has 3 aliphatic carbocycles. The third-order valence-corrected chi connectivity index (χ3v) is 6.27. The molecule has 0 saturated heterocycles. The van der Waals surface area contributed by atoms with Crippen LogP contribution in [0, 0.1) is 23.7 Å². The van der Waals surface area contributed by atoms with E-state index < -0.39 is 0 Å². The van der Waals surface area contributed by atoms with Gasteiger partial charge in [-0.25, -0.2) is 0 Å². The van der Waals surface area contributed by atoms with Crippen molar-refractivity contribution in [2.24, 2.45) is 23.7 Å². The molecule has 4 atom stereocenters. The maximum atomic E-state index is 13.2. The van der Waals surface area contributed by atoms with Gasteiger partial charge < -0.3 is 0 Å². The van der Waals surface area contributed by atoms with Gasteiger partial charge in [0, 0.05) is 11.8 Å². The Hall–Kier alpha value is -2.16. The topological polar surface area (TPSA) is 37.4 Å². The second kappa shape index (κ2) is 6.62. The molecule has 0 aliphatic heterocycles. The van der Waals surface area contributed by atoms with Gasteiger partial charge >= 0.3 is 0 Å². The number of allylic oxidation sites excluding steroid dienone is 4. The molecule has 2 amide bonds.